The van der Waals surface area contributed by atoms with Crippen LogP contribution in [0.15, 0.2) is 42.5 Å². The molecule has 1 N–H and O–H groups in total. The Morgan fingerprint density at radius 1 is 1.18 bits per heavy atom. The van der Waals surface area contributed by atoms with Crippen LogP contribution in [0.4, 0.5) is 0 Å². The van der Waals surface area contributed by atoms with E-state index in [2.05, 4.69) is 0 Å². The van der Waals surface area contributed by atoms with Gasteiger partial charge in [-0.3, -0.25) is 9.59 Å². The number of carboxylic acid groups (broad SMARTS) is 1. The standard InChI is InChI=1S/C17H15ClO4/c1-11(19)17-13(8-16(20)21)7-14(9-15(17)18)22-10-12-5-3-2-4-6-12/h2-7,9H,8,10H2,1H3,(H,20,21). The Labute approximate surface area is 133 Å². The smallest absolute Gasteiger partial charge is 0.307 e. The van der Waals surface area contributed by atoms with E-state index in [1.54, 1.807) is 6.07 Å². The normalized spacial score (nSPS) is 10.3. The summed E-state index contributed by atoms with van der Waals surface area (Å²) in [6.45, 7) is 1.69. The van der Waals surface area contributed by atoms with E-state index in [9.17, 15) is 9.59 Å². The summed E-state index contributed by atoms with van der Waals surface area (Å²) in [5.41, 5.74) is 1.57. The molecule has 0 aliphatic rings. The average Bonchev–Trinajstić information content (AvgIpc) is 2.44. The molecule has 0 atom stereocenters. The molecule has 22 heavy (non-hydrogen) atoms. The van der Waals surface area contributed by atoms with Crippen molar-refractivity contribution in [3.8, 4) is 5.75 Å². The molecule has 0 saturated carbocycles. The van der Waals surface area contributed by atoms with Gasteiger partial charge in [0.1, 0.15) is 12.4 Å². The minimum absolute atomic E-state index is 0.203. The summed E-state index contributed by atoms with van der Waals surface area (Å²) in [6.07, 6.45) is -0.281. The summed E-state index contributed by atoms with van der Waals surface area (Å²) in [7, 11) is 0. The first-order valence-corrected chi connectivity index (χ1v) is 7.07. The Balaban J connectivity index is 2.27. The lowest BCUT2D eigenvalue weighted by Crippen LogP contribution is -2.08. The number of carbonyl (C=O) groups is 2. The first-order chi connectivity index (χ1) is 10.5. The summed E-state index contributed by atoms with van der Waals surface area (Å²) in [5.74, 6) is -0.857. The lowest BCUT2D eigenvalue weighted by Gasteiger charge is -2.12. The third-order valence-corrected chi connectivity index (χ3v) is 3.39. The van der Waals surface area contributed by atoms with E-state index in [0.29, 0.717) is 17.9 Å². The summed E-state index contributed by atoms with van der Waals surface area (Å²) >= 11 is 6.10. The van der Waals surface area contributed by atoms with Crippen LogP contribution in [-0.2, 0) is 17.8 Å². The van der Waals surface area contributed by atoms with Crippen LogP contribution in [-0.4, -0.2) is 16.9 Å². The predicted octanol–water partition coefficient (Wildman–Crippen LogP) is 3.75. The molecule has 0 radical (unpaired) electrons. The van der Waals surface area contributed by atoms with Crippen molar-refractivity contribution in [2.45, 2.75) is 20.0 Å². The van der Waals surface area contributed by atoms with Gasteiger partial charge in [0, 0.05) is 5.56 Å². The molecule has 0 fully saturated rings. The van der Waals surface area contributed by atoms with Gasteiger partial charge < -0.3 is 9.84 Å². The maximum Gasteiger partial charge on any atom is 0.307 e. The molecule has 0 aliphatic carbocycles. The van der Waals surface area contributed by atoms with Crippen molar-refractivity contribution in [1.29, 1.82) is 0 Å². The number of ether oxygens (including phenoxy) is 1. The van der Waals surface area contributed by atoms with Crippen LogP contribution in [0.2, 0.25) is 5.02 Å². The third kappa shape index (κ3) is 4.09. The Morgan fingerprint density at radius 2 is 1.86 bits per heavy atom. The largest absolute Gasteiger partial charge is 0.489 e. The molecular formula is C17H15ClO4. The quantitative estimate of drug-likeness (QED) is 0.824. The minimum Gasteiger partial charge on any atom is -0.489 e. The van der Waals surface area contributed by atoms with Crippen molar-refractivity contribution in [1.82, 2.24) is 0 Å². The SMILES string of the molecule is CC(=O)c1c(Cl)cc(OCc2ccccc2)cc1CC(=O)O. The number of aliphatic carboxylic acids is 1. The van der Waals surface area contributed by atoms with Gasteiger partial charge in [0.05, 0.1) is 11.4 Å². The first kappa shape index (κ1) is 16.0. The van der Waals surface area contributed by atoms with Crippen LogP contribution >= 0.6 is 11.6 Å². The van der Waals surface area contributed by atoms with Crippen LogP contribution in [0.1, 0.15) is 28.4 Å². The van der Waals surface area contributed by atoms with E-state index in [4.69, 9.17) is 21.4 Å². The highest BCUT2D eigenvalue weighted by molar-refractivity contribution is 6.34. The molecule has 5 heteroatoms. The fourth-order valence-electron chi connectivity index (χ4n) is 2.16. The predicted molar refractivity (Wildman–Crippen MR) is 83.6 cm³/mol. The van der Waals surface area contributed by atoms with E-state index in [0.717, 1.165) is 5.56 Å². The van der Waals surface area contributed by atoms with Gasteiger partial charge in [0.15, 0.2) is 5.78 Å². The number of benzene rings is 2. The molecule has 0 aromatic heterocycles. The Kier molecular flexibility index (Phi) is 5.17. The number of ketones is 1. The van der Waals surface area contributed by atoms with Gasteiger partial charge in [-0.15, -0.1) is 0 Å². The zero-order chi connectivity index (χ0) is 16.1. The number of hydrogen-bond donors (Lipinski definition) is 1. The fourth-order valence-corrected chi connectivity index (χ4v) is 2.52. The molecule has 2 rings (SSSR count). The molecule has 0 amide bonds. The highest BCUT2D eigenvalue weighted by Gasteiger charge is 2.16. The summed E-state index contributed by atoms with van der Waals surface area (Å²) < 4.78 is 5.64. The maximum absolute atomic E-state index is 11.6. The van der Waals surface area contributed by atoms with Crippen molar-refractivity contribution in [3.63, 3.8) is 0 Å². The van der Waals surface area contributed by atoms with Crippen LogP contribution < -0.4 is 4.74 Å². The molecule has 0 aliphatic heterocycles. The highest BCUT2D eigenvalue weighted by Crippen LogP contribution is 2.28. The lowest BCUT2D eigenvalue weighted by atomic mass is 10.0. The zero-order valence-electron chi connectivity index (χ0n) is 12.0. The van der Waals surface area contributed by atoms with Crippen LogP contribution in [0.5, 0.6) is 5.75 Å². The average molecular weight is 319 g/mol. The maximum atomic E-state index is 11.6. The first-order valence-electron chi connectivity index (χ1n) is 6.69. The van der Waals surface area contributed by atoms with E-state index >= 15 is 0 Å². The fraction of sp³-hybridized carbons (Fsp3) is 0.176. The Hall–Kier alpha value is -2.33. The number of carboxylic acids is 1. The summed E-state index contributed by atoms with van der Waals surface area (Å²) in [6, 6.07) is 12.6. The lowest BCUT2D eigenvalue weighted by molar-refractivity contribution is -0.136. The van der Waals surface area contributed by atoms with Gasteiger partial charge in [0.25, 0.3) is 0 Å². The summed E-state index contributed by atoms with van der Waals surface area (Å²) in [5, 5.41) is 9.17. The minimum atomic E-state index is -1.03. The van der Waals surface area contributed by atoms with Crippen molar-refractivity contribution >= 4 is 23.4 Å². The molecule has 114 valence electrons. The molecule has 0 heterocycles. The van der Waals surface area contributed by atoms with Gasteiger partial charge in [-0.25, -0.2) is 0 Å². The second-order valence-electron chi connectivity index (χ2n) is 4.84. The molecular weight excluding hydrogens is 304 g/mol. The zero-order valence-corrected chi connectivity index (χ0v) is 12.8. The van der Waals surface area contributed by atoms with Gasteiger partial charge in [-0.1, -0.05) is 41.9 Å². The Morgan fingerprint density at radius 3 is 2.45 bits per heavy atom. The topological polar surface area (TPSA) is 63.6 Å². The van der Waals surface area contributed by atoms with Crippen molar-refractivity contribution < 1.29 is 19.4 Å². The van der Waals surface area contributed by atoms with Gasteiger partial charge in [-0.2, -0.15) is 0 Å². The monoisotopic (exact) mass is 318 g/mol. The third-order valence-electron chi connectivity index (χ3n) is 3.09. The van der Waals surface area contributed by atoms with Crippen LogP contribution in [0.3, 0.4) is 0 Å². The second-order valence-corrected chi connectivity index (χ2v) is 5.25. The van der Waals surface area contributed by atoms with E-state index in [-0.39, 0.29) is 22.8 Å². The van der Waals surface area contributed by atoms with Crippen molar-refractivity contribution in [2.24, 2.45) is 0 Å². The molecule has 0 unspecified atom stereocenters. The van der Waals surface area contributed by atoms with E-state index < -0.39 is 5.97 Å². The number of carbonyl (C=O) groups excluding carboxylic acids is 1. The summed E-state index contributed by atoms with van der Waals surface area (Å²) in [4.78, 5) is 22.6. The molecule has 2 aromatic carbocycles. The molecule has 2 aromatic rings. The number of halogens is 1. The molecule has 0 bridgehead atoms. The van der Waals surface area contributed by atoms with Crippen LogP contribution in [0.25, 0.3) is 0 Å². The molecule has 4 nitrogen and oxygen atoms in total. The van der Waals surface area contributed by atoms with Gasteiger partial charge in [0.2, 0.25) is 0 Å². The number of rotatable bonds is 6. The van der Waals surface area contributed by atoms with Crippen LogP contribution in [0, 0.1) is 0 Å². The van der Waals surface area contributed by atoms with Gasteiger partial charge >= 0.3 is 5.97 Å². The second kappa shape index (κ2) is 7.09. The highest BCUT2D eigenvalue weighted by atomic mass is 35.5. The van der Waals surface area contributed by atoms with Gasteiger partial charge in [-0.05, 0) is 30.2 Å². The van der Waals surface area contributed by atoms with Crippen molar-refractivity contribution in [3.05, 3.63) is 64.2 Å². The number of hydrogen-bond acceptors (Lipinski definition) is 3. The number of Topliss-reactive ketones (excluding diaryl/α,β-unsaturated/α-hetero) is 1. The van der Waals surface area contributed by atoms with E-state index in [1.807, 2.05) is 30.3 Å². The molecule has 0 spiro atoms. The van der Waals surface area contributed by atoms with E-state index in [1.165, 1.54) is 13.0 Å². The van der Waals surface area contributed by atoms with Crippen molar-refractivity contribution in [2.75, 3.05) is 0 Å². The molecule has 0 saturated heterocycles. The Bertz CT molecular complexity index is 695.